The molecule has 1 aliphatic heterocycles. The second-order valence-electron chi connectivity index (χ2n) is 7.96. The molecule has 0 bridgehead atoms. The normalized spacial score (nSPS) is 15.6. The van der Waals surface area contributed by atoms with Gasteiger partial charge in [0.1, 0.15) is 18.1 Å². The van der Waals surface area contributed by atoms with Crippen LogP contribution in [0, 0.1) is 0 Å². The lowest BCUT2D eigenvalue weighted by Crippen LogP contribution is -2.57. The summed E-state index contributed by atoms with van der Waals surface area (Å²) in [6, 6.07) is 15.2. The topological polar surface area (TPSA) is 95.0 Å². The molecule has 0 saturated carbocycles. The van der Waals surface area contributed by atoms with Gasteiger partial charge < -0.3 is 29.2 Å². The molecule has 2 heterocycles. The van der Waals surface area contributed by atoms with Gasteiger partial charge in [-0.3, -0.25) is 9.78 Å². The minimum atomic E-state index is -0.162. The molecule has 35 heavy (non-hydrogen) atoms. The summed E-state index contributed by atoms with van der Waals surface area (Å²) in [5.41, 5.74) is 1.83. The summed E-state index contributed by atoms with van der Waals surface area (Å²) in [4.78, 5) is 22.5. The van der Waals surface area contributed by atoms with Gasteiger partial charge in [0.2, 0.25) is 11.8 Å². The highest BCUT2D eigenvalue weighted by Gasteiger charge is 2.29. The molecule has 0 radical (unpaired) electrons. The Kier molecular flexibility index (Phi) is 8.85. The van der Waals surface area contributed by atoms with Crippen LogP contribution in [0.5, 0.6) is 17.4 Å². The SMILES string of the molecule is COc1ccccc1COCCCOc1ccc(N2C(=O)CNC[C@@H]2COc2cnccn2)cc1. The van der Waals surface area contributed by atoms with Gasteiger partial charge >= 0.3 is 0 Å². The number of anilines is 1. The molecule has 0 unspecified atom stereocenters. The van der Waals surface area contributed by atoms with Gasteiger partial charge in [0.05, 0.1) is 45.7 Å². The lowest BCUT2D eigenvalue weighted by molar-refractivity contribution is -0.119. The third kappa shape index (κ3) is 6.91. The molecule has 2 aromatic carbocycles. The van der Waals surface area contributed by atoms with Crippen molar-refractivity contribution < 1.29 is 23.7 Å². The van der Waals surface area contributed by atoms with Crippen LogP contribution in [0.1, 0.15) is 12.0 Å². The first-order valence-corrected chi connectivity index (χ1v) is 11.6. The molecule has 1 saturated heterocycles. The number of hydrogen-bond acceptors (Lipinski definition) is 8. The minimum Gasteiger partial charge on any atom is -0.496 e. The summed E-state index contributed by atoms with van der Waals surface area (Å²) < 4.78 is 22.7. The van der Waals surface area contributed by atoms with Crippen molar-refractivity contribution in [1.29, 1.82) is 0 Å². The number of carbonyl (C=O) groups excluding carboxylic acids is 1. The van der Waals surface area contributed by atoms with Crippen molar-refractivity contribution in [3.8, 4) is 17.4 Å². The van der Waals surface area contributed by atoms with Crippen LogP contribution < -0.4 is 24.4 Å². The van der Waals surface area contributed by atoms with E-state index in [2.05, 4.69) is 15.3 Å². The summed E-state index contributed by atoms with van der Waals surface area (Å²) in [7, 11) is 1.66. The number of hydrogen-bond donors (Lipinski definition) is 1. The molecule has 9 nitrogen and oxygen atoms in total. The van der Waals surface area contributed by atoms with Gasteiger partial charge in [0.25, 0.3) is 0 Å². The molecule has 9 heteroatoms. The number of piperazine rings is 1. The number of ether oxygens (including phenoxy) is 4. The second-order valence-corrected chi connectivity index (χ2v) is 7.96. The second kappa shape index (κ2) is 12.7. The molecular formula is C26H30N4O5. The molecule has 0 aliphatic carbocycles. The van der Waals surface area contributed by atoms with Gasteiger partial charge in [0.15, 0.2) is 0 Å². The van der Waals surface area contributed by atoms with E-state index < -0.39 is 0 Å². The summed E-state index contributed by atoms with van der Waals surface area (Å²) in [6.07, 6.45) is 5.47. The maximum absolute atomic E-state index is 12.6. The molecule has 184 valence electrons. The van der Waals surface area contributed by atoms with E-state index in [1.165, 1.54) is 0 Å². The number of nitrogens with zero attached hydrogens (tertiary/aromatic N) is 3. The van der Waals surface area contributed by atoms with Crippen molar-refractivity contribution in [2.45, 2.75) is 19.1 Å². The molecule has 1 aromatic heterocycles. The number of amides is 1. The van der Waals surface area contributed by atoms with Crippen molar-refractivity contribution in [2.75, 3.05) is 44.9 Å². The zero-order valence-corrected chi connectivity index (χ0v) is 19.8. The van der Waals surface area contributed by atoms with Gasteiger partial charge in [0, 0.05) is 36.6 Å². The Balaban J connectivity index is 1.23. The van der Waals surface area contributed by atoms with Crippen LogP contribution in [0.3, 0.4) is 0 Å². The number of para-hydroxylation sites is 1. The fraction of sp³-hybridized carbons (Fsp3) is 0.346. The van der Waals surface area contributed by atoms with Gasteiger partial charge in [-0.05, 0) is 30.3 Å². The maximum Gasteiger partial charge on any atom is 0.241 e. The Labute approximate surface area is 205 Å². The summed E-state index contributed by atoms with van der Waals surface area (Å²) in [5, 5.41) is 3.14. The number of benzene rings is 2. The smallest absolute Gasteiger partial charge is 0.241 e. The summed E-state index contributed by atoms with van der Waals surface area (Å²) in [6.45, 7) is 2.84. The lowest BCUT2D eigenvalue weighted by Gasteiger charge is -2.35. The van der Waals surface area contributed by atoms with E-state index >= 15 is 0 Å². The standard InChI is InChI=1S/C26H30N4O5/c1-32-24-6-3-2-5-20(24)18-33-13-4-14-34-23-9-7-21(8-10-23)30-22(15-28-17-26(30)31)19-35-25-16-27-11-12-29-25/h2-3,5-12,16,22,28H,4,13-15,17-19H2,1H3/t22-/m1/s1. The van der Waals surface area contributed by atoms with Crippen LogP contribution in [0.4, 0.5) is 5.69 Å². The molecule has 1 N–H and O–H groups in total. The monoisotopic (exact) mass is 478 g/mol. The predicted molar refractivity (Wildman–Crippen MR) is 131 cm³/mol. The molecule has 3 aromatic rings. The predicted octanol–water partition coefficient (Wildman–Crippen LogP) is 2.85. The molecule has 1 aliphatic rings. The number of nitrogens with one attached hydrogen (secondary N) is 1. The Morgan fingerprint density at radius 1 is 1.06 bits per heavy atom. The van der Waals surface area contributed by atoms with Crippen molar-refractivity contribution in [1.82, 2.24) is 15.3 Å². The number of aromatic nitrogens is 2. The van der Waals surface area contributed by atoms with E-state index in [1.807, 2.05) is 48.5 Å². The number of rotatable bonds is 12. The highest BCUT2D eigenvalue weighted by molar-refractivity contribution is 5.96. The molecule has 1 fully saturated rings. The Hall–Kier alpha value is -3.69. The first kappa shape index (κ1) is 24.4. The van der Waals surface area contributed by atoms with Crippen molar-refractivity contribution in [3.63, 3.8) is 0 Å². The summed E-state index contributed by atoms with van der Waals surface area (Å²) >= 11 is 0. The van der Waals surface area contributed by atoms with Crippen LogP contribution in [0.25, 0.3) is 0 Å². The van der Waals surface area contributed by atoms with E-state index in [9.17, 15) is 4.79 Å². The van der Waals surface area contributed by atoms with Crippen LogP contribution in [-0.2, 0) is 16.1 Å². The van der Waals surface area contributed by atoms with Crippen LogP contribution in [-0.4, -0.2) is 61.9 Å². The molecule has 4 rings (SSSR count). The van der Waals surface area contributed by atoms with Crippen LogP contribution >= 0.6 is 0 Å². The van der Waals surface area contributed by atoms with Crippen molar-refractivity contribution >= 4 is 11.6 Å². The molecular weight excluding hydrogens is 448 g/mol. The van der Waals surface area contributed by atoms with Crippen molar-refractivity contribution in [2.24, 2.45) is 0 Å². The van der Waals surface area contributed by atoms with E-state index in [0.29, 0.717) is 38.9 Å². The summed E-state index contributed by atoms with van der Waals surface area (Å²) in [5.74, 6) is 1.99. The van der Waals surface area contributed by atoms with Gasteiger partial charge in [-0.25, -0.2) is 4.98 Å². The minimum absolute atomic E-state index is 0.00939. The van der Waals surface area contributed by atoms with Crippen LogP contribution in [0.2, 0.25) is 0 Å². The highest BCUT2D eigenvalue weighted by Crippen LogP contribution is 2.23. The third-order valence-electron chi connectivity index (χ3n) is 5.52. The van der Waals surface area contributed by atoms with E-state index in [1.54, 1.807) is 30.6 Å². The highest BCUT2D eigenvalue weighted by atomic mass is 16.5. The average Bonchev–Trinajstić information content (AvgIpc) is 2.91. The quantitative estimate of drug-likeness (QED) is 0.397. The zero-order chi connectivity index (χ0) is 24.3. The Bertz CT molecular complexity index is 1060. The van der Waals surface area contributed by atoms with Gasteiger partial charge in [-0.15, -0.1) is 0 Å². The largest absolute Gasteiger partial charge is 0.496 e. The fourth-order valence-corrected chi connectivity index (χ4v) is 3.81. The zero-order valence-electron chi connectivity index (χ0n) is 19.8. The molecule has 1 amide bonds. The number of carbonyl (C=O) groups is 1. The first-order chi connectivity index (χ1) is 17.2. The Morgan fingerprint density at radius 3 is 2.71 bits per heavy atom. The maximum atomic E-state index is 12.6. The van der Waals surface area contributed by atoms with E-state index in [0.717, 1.165) is 29.2 Å². The van der Waals surface area contributed by atoms with E-state index in [4.69, 9.17) is 18.9 Å². The first-order valence-electron chi connectivity index (χ1n) is 11.6. The Morgan fingerprint density at radius 2 is 1.91 bits per heavy atom. The van der Waals surface area contributed by atoms with Gasteiger partial charge in [-0.1, -0.05) is 18.2 Å². The van der Waals surface area contributed by atoms with Gasteiger partial charge in [-0.2, -0.15) is 0 Å². The third-order valence-corrected chi connectivity index (χ3v) is 5.52. The molecule has 0 spiro atoms. The average molecular weight is 479 g/mol. The lowest BCUT2D eigenvalue weighted by atomic mass is 10.1. The van der Waals surface area contributed by atoms with Crippen LogP contribution in [0.15, 0.2) is 67.1 Å². The fourth-order valence-electron chi connectivity index (χ4n) is 3.81. The molecule has 1 atom stereocenters. The number of methoxy groups -OCH3 is 1. The van der Waals surface area contributed by atoms with Crippen molar-refractivity contribution in [3.05, 3.63) is 72.7 Å². The van der Waals surface area contributed by atoms with E-state index in [-0.39, 0.29) is 18.5 Å².